The lowest BCUT2D eigenvalue weighted by Crippen LogP contribution is -1.96. The third-order valence-corrected chi connectivity index (χ3v) is 5.44. The molecule has 2 bridgehead atoms. The van der Waals surface area contributed by atoms with E-state index in [1.807, 2.05) is 24.4 Å². The minimum absolute atomic E-state index is 0.563. The van der Waals surface area contributed by atoms with Crippen LogP contribution in [0.5, 0.6) is 0 Å². The lowest BCUT2D eigenvalue weighted by Gasteiger charge is -2.12. The Bertz CT molecular complexity index is 852. The van der Waals surface area contributed by atoms with Crippen LogP contribution in [0.3, 0.4) is 0 Å². The van der Waals surface area contributed by atoms with Crippen LogP contribution in [0, 0.1) is 0 Å². The summed E-state index contributed by atoms with van der Waals surface area (Å²) in [5.41, 5.74) is 6.74. The van der Waals surface area contributed by atoms with Gasteiger partial charge in [-0.2, -0.15) is 0 Å². The van der Waals surface area contributed by atoms with Gasteiger partial charge in [-0.25, -0.2) is 4.99 Å². The van der Waals surface area contributed by atoms with Gasteiger partial charge < -0.3 is 14.7 Å². The molecule has 0 saturated carbocycles. The van der Waals surface area contributed by atoms with E-state index in [1.165, 1.54) is 49.1 Å². The van der Waals surface area contributed by atoms with Crippen LogP contribution in [0.25, 0.3) is 6.08 Å². The number of fused-ring (bicyclic) bond motifs is 2. The van der Waals surface area contributed by atoms with Gasteiger partial charge in [0.15, 0.2) is 0 Å². The van der Waals surface area contributed by atoms with Gasteiger partial charge in [0.25, 0.3) is 0 Å². The van der Waals surface area contributed by atoms with Gasteiger partial charge in [-0.15, -0.1) is 0 Å². The summed E-state index contributed by atoms with van der Waals surface area (Å²) < 4.78 is 5.59. The average molecular weight is 349 g/mol. The van der Waals surface area contributed by atoms with Crippen LogP contribution in [0.2, 0.25) is 0 Å². The summed E-state index contributed by atoms with van der Waals surface area (Å²) in [7, 11) is 1.71. The number of allylic oxidation sites excluding steroid dienone is 1. The molecule has 0 amide bonds. The average Bonchev–Trinajstić information content (AvgIpc) is 3.37. The van der Waals surface area contributed by atoms with Crippen molar-refractivity contribution >= 4 is 11.8 Å². The van der Waals surface area contributed by atoms with Crippen LogP contribution < -0.4 is 0 Å². The number of nitrogens with one attached hydrogen (secondary N) is 2. The number of methoxy groups -OCH3 is 1. The maximum atomic E-state index is 5.59. The van der Waals surface area contributed by atoms with Crippen LogP contribution in [-0.4, -0.2) is 22.8 Å². The zero-order valence-electron chi connectivity index (χ0n) is 15.6. The zero-order chi connectivity index (χ0) is 17.9. The smallest absolute Gasteiger partial charge is 0.146 e. The number of aliphatic imine (C=N–C) groups is 1. The van der Waals surface area contributed by atoms with E-state index in [9.17, 15) is 0 Å². The summed E-state index contributed by atoms with van der Waals surface area (Å²) in [6.45, 7) is 2.34. The van der Waals surface area contributed by atoms with Gasteiger partial charge in [0, 0.05) is 23.7 Å². The maximum absolute atomic E-state index is 5.59. The van der Waals surface area contributed by atoms with Crippen molar-refractivity contribution in [1.29, 1.82) is 0 Å². The van der Waals surface area contributed by atoms with Crippen molar-refractivity contribution in [2.24, 2.45) is 4.99 Å². The number of H-pyrrole nitrogens is 2. The summed E-state index contributed by atoms with van der Waals surface area (Å²) in [5, 5.41) is 0. The monoisotopic (exact) mass is 349 g/mol. The molecule has 0 radical (unpaired) electrons. The quantitative estimate of drug-likeness (QED) is 0.773. The van der Waals surface area contributed by atoms with Gasteiger partial charge in [0.1, 0.15) is 11.5 Å². The number of aromatic nitrogens is 2. The van der Waals surface area contributed by atoms with E-state index >= 15 is 0 Å². The molecule has 0 spiro atoms. The summed E-state index contributed by atoms with van der Waals surface area (Å²) in [4.78, 5) is 11.7. The van der Waals surface area contributed by atoms with Crippen LogP contribution >= 0.6 is 0 Å². The third-order valence-electron chi connectivity index (χ3n) is 5.44. The topological polar surface area (TPSA) is 53.2 Å². The van der Waals surface area contributed by atoms with Crippen LogP contribution in [-0.2, 0) is 11.2 Å². The second-order valence-corrected chi connectivity index (χ2v) is 7.34. The first-order chi connectivity index (χ1) is 12.7. The number of ether oxygens (including phenoxy) is 1. The number of aryl methyl sites for hydroxylation is 1. The maximum Gasteiger partial charge on any atom is 0.146 e. The molecule has 4 nitrogen and oxygen atoms in total. The van der Waals surface area contributed by atoms with Gasteiger partial charge >= 0.3 is 0 Å². The number of rotatable bonds is 3. The Hall–Kier alpha value is -2.49. The molecule has 1 aliphatic carbocycles. The largest absolute Gasteiger partial charge is 0.494 e. The van der Waals surface area contributed by atoms with Gasteiger partial charge in [-0.1, -0.05) is 26.2 Å². The van der Waals surface area contributed by atoms with Crippen molar-refractivity contribution in [1.82, 2.24) is 9.97 Å². The van der Waals surface area contributed by atoms with E-state index in [1.54, 1.807) is 7.11 Å². The Labute approximate surface area is 155 Å². The predicted molar refractivity (Wildman–Crippen MR) is 106 cm³/mol. The fraction of sp³-hybridized carbons (Fsp3) is 0.409. The standard InChI is InChI=1S/C22H27N3O/c1-15-8-5-3-4-6-9-16-12-17(15)19(24-16)13-21-22(26-2)14-20(25-21)18-10-7-11-23-18/h7,10-15,23-24H,3-6,8-9H2,1-2H3/t15-/m1/s1. The fourth-order valence-electron chi connectivity index (χ4n) is 3.93. The minimum Gasteiger partial charge on any atom is -0.494 e. The molecule has 0 fully saturated rings. The third kappa shape index (κ3) is 3.41. The van der Waals surface area contributed by atoms with Crippen LogP contribution in [0.4, 0.5) is 0 Å². The Kier molecular flexibility index (Phi) is 4.83. The molecule has 26 heavy (non-hydrogen) atoms. The van der Waals surface area contributed by atoms with Crippen LogP contribution in [0.15, 0.2) is 46.9 Å². The Morgan fingerprint density at radius 3 is 2.92 bits per heavy atom. The van der Waals surface area contributed by atoms with Gasteiger partial charge in [-0.05, 0) is 55.0 Å². The Morgan fingerprint density at radius 1 is 1.23 bits per heavy atom. The molecular formula is C22H27N3O. The van der Waals surface area contributed by atoms with Gasteiger partial charge in [-0.3, -0.25) is 0 Å². The molecule has 1 aliphatic heterocycles. The van der Waals surface area contributed by atoms with Crippen molar-refractivity contribution in [3.05, 3.63) is 64.6 Å². The highest BCUT2D eigenvalue weighted by Crippen LogP contribution is 2.32. The van der Waals surface area contributed by atoms with E-state index in [2.05, 4.69) is 29.0 Å². The van der Waals surface area contributed by atoms with Crippen molar-refractivity contribution in [2.75, 3.05) is 7.11 Å². The summed E-state index contributed by atoms with van der Waals surface area (Å²) >= 11 is 0. The van der Waals surface area contributed by atoms with E-state index in [0.717, 1.165) is 29.3 Å². The second kappa shape index (κ2) is 7.40. The minimum atomic E-state index is 0.563. The normalized spacial score (nSPS) is 22.2. The Morgan fingerprint density at radius 2 is 2.12 bits per heavy atom. The molecule has 4 heteroatoms. The zero-order valence-corrected chi connectivity index (χ0v) is 15.6. The lowest BCUT2D eigenvalue weighted by molar-refractivity contribution is 0.303. The first-order valence-corrected chi connectivity index (χ1v) is 9.66. The number of hydrogen-bond acceptors (Lipinski definition) is 2. The number of aromatic amines is 2. The van der Waals surface area contributed by atoms with Crippen LogP contribution in [0.1, 0.15) is 67.6 Å². The molecule has 2 N–H and O–H groups in total. The van der Waals surface area contributed by atoms with E-state index in [-0.39, 0.29) is 0 Å². The highest BCUT2D eigenvalue weighted by molar-refractivity contribution is 6.11. The van der Waals surface area contributed by atoms with E-state index in [4.69, 9.17) is 9.73 Å². The van der Waals surface area contributed by atoms with E-state index < -0.39 is 0 Å². The lowest BCUT2D eigenvalue weighted by atomic mass is 9.93. The molecule has 3 heterocycles. The van der Waals surface area contributed by atoms with Crippen molar-refractivity contribution in [3.63, 3.8) is 0 Å². The SMILES string of the molecule is COC1=CC(c2ccc[nH]2)=NC1=Cc1[nH]c2cc1[C@H](C)CCCCCC2. The molecule has 0 aromatic carbocycles. The molecule has 136 valence electrons. The molecule has 2 aliphatic rings. The van der Waals surface area contributed by atoms with E-state index in [0.29, 0.717) is 5.92 Å². The number of nitrogens with zero attached hydrogens (tertiary/aromatic N) is 1. The van der Waals surface area contributed by atoms with Crippen molar-refractivity contribution < 1.29 is 4.74 Å². The van der Waals surface area contributed by atoms with Gasteiger partial charge in [0.05, 0.1) is 18.5 Å². The first-order valence-electron chi connectivity index (χ1n) is 9.66. The summed E-state index contributed by atoms with van der Waals surface area (Å²) in [6, 6.07) is 6.38. The first kappa shape index (κ1) is 17.0. The number of hydrogen-bond donors (Lipinski definition) is 2. The molecule has 0 saturated heterocycles. The highest BCUT2D eigenvalue weighted by atomic mass is 16.5. The molecule has 0 unspecified atom stereocenters. The van der Waals surface area contributed by atoms with Crippen molar-refractivity contribution in [3.8, 4) is 0 Å². The molecule has 1 atom stereocenters. The molecule has 4 rings (SSSR count). The predicted octanol–water partition coefficient (Wildman–Crippen LogP) is 5.33. The van der Waals surface area contributed by atoms with Crippen molar-refractivity contribution in [2.45, 2.75) is 51.4 Å². The molecule has 2 aromatic rings. The molecule has 2 aromatic heterocycles. The Balaban J connectivity index is 1.71. The fourth-order valence-corrected chi connectivity index (χ4v) is 3.93. The molecular weight excluding hydrogens is 322 g/mol. The highest BCUT2D eigenvalue weighted by Gasteiger charge is 2.20. The summed E-state index contributed by atoms with van der Waals surface area (Å²) in [6.07, 6.45) is 13.7. The summed E-state index contributed by atoms with van der Waals surface area (Å²) in [5.74, 6) is 1.38. The second-order valence-electron chi connectivity index (χ2n) is 7.34. The van der Waals surface area contributed by atoms with Gasteiger partial charge in [0.2, 0.25) is 0 Å².